The molecule has 0 aromatic heterocycles. The maximum atomic E-state index is 12.5. The lowest BCUT2D eigenvalue weighted by Gasteiger charge is -2.26. The van der Waals surface area contributed by atoms with Crippen molar-refractivity contribution in [3.05, 3.63) is 71.3 Å². The Morgan fingerprint density at radius 1 is 0.846 bits per heavy atom. The van der Waals surface area contributed by atoms with Crippen molar-refractivity contribution in [1.82, 2.24) is 10.2 Å². The minimum Gasteiger partial charge on any atom is -0.352 e. The largest absolute Gasteiger partial charge is 0.352 e. The van der Waals surface area contributed by atoms with Gasteiger partial charge in [-0.3, -0.25) is 9.59 Å². The molecule has 4 nitrogen and oxygen atoms in total. The summed E-state index contributed by atoms with van der Waals surface area (Å²) in [7, 11) is 0. The van der Waals surface area contributed by atoms with Gasteiger partial charge in [-0.15, -0.1) is 0 Å². The summed E-state index contributed by atoms with van der Waals surface area (Å²) in [6.07, 6.45) is 4.63. The Bertz CT molecular complexity index is 720. The van der Waals surface area contributed by atoms with Crippen molar-refractivity contribution in [2.24, 2.45) is 0 Å². The van der Waals surface area contributed by atoms with Crippen molar-refractivity contribution in [2.75, 3.05) is 13.1 Å². The molecule has 1 aliphatic heterocycles. The minimum atomic E-state index is 0.0438. The fraction of sp³-hybridized carbons (Fsp3) is 0.364. The second kappa shape index (κ2) is 9.18. The van der Waals surface area contributed by atoms with Gasteiger partial charge in [0.05, 0.1) is 0 Å². The van der Waals surface area contributed by atoms with E-state index in [-0.39, 0.29) is 11.8 Å². The fourth-order valence-corrected chi connectivity index (χ4v) is 3.24. The first-order valence-corrected chi connectivity index (χ1v) is 9.41. The summed E-state index contributed by atoms with van der Waals surface area (Å²) in [6.45, 7) is 2.21. The van der Waals surface area contributed by atoms with Crippen molar-refractivity contribution in [2.45, 2.75) is 38.6 Å². The number of rotatable bonds is 6. The van der Waals surface area contributed by atoms with Gasteiger partial charge in [0.15, 0.2) is 0 Å². The molecule has 1 aliphatic rings. The molecule has 2 aromatic rings. The Morgan fingerprint density at radius 2 is 1.54 bits per heavy atom. The van der Waals surface area contributed by atoms with Crippen molar-refractivity contribution >= 4 is 11.8 Å². The zero-order valence-corrected chi connectivity index (χ0v) is 15.1. The van der Waals surface area contributed by atoms with Crippen LogP contribution in [0.1, 0.15) is 47.2 Å². The van der Waals surface area contributed by atoms with E-state index in [2.05, 4.69) is 5.32 Å². The number of benzene rings is 2. The van der Waals surface area contributed by atoms with Gasteiger partial charge >= 0.3 is 0 Å². The van der Waals surface area contributed by atoms with Crippen molar-refractivity contribution in [3.8, 4) is 0 Å². The van der Waals surface area contributed by atoms with Crippen LogP contribution in [-0.4, -0.2) is 29.8 Å². The molecule has 1 heterocycles. The maximum absolute atomic E-state index is 12.5. The van der Waals surface area contributed by atoms with E-state index < -0.39 is 0 Å². The Kier molecular flexibility index (Phi) is 6.42. The summed E-state index contributed by atoms with van der Waals surface area (Å²) in [5.41, 5.74) is 2.91. The van der Waals surface area contributed by atoms with Gasteiger partial charge in [-0.1, -0.05) is 42.5 Å². The first kappa shape index (κ1) is 18.2. The number of nitrogens with zero attached hydrogens (tertiary/aromatic N) is 1. The van der Waals surface area contributed by atoms with Crippen molar-refractivity contribution in [3.63, 3.8) is 0 Å². The first-order chi connectivity index (χ1) is 12.7. The number of carbonyl (C=O) groups excluding carboxylic acids is 2. The third kappa shape index (κ3) is 5.19. The number of carbonyl (C=O) groups is 2. The van der Waals surface area contributed by atoms with Crippen molar-refractivity contribution < 1.29 is 9.59 Å². The Hall–Kier alpha value is -2.62. The highest BCUT2D eigenvalue weighted by atomic mass is 16.2. The van der Waals surface area contributed by atoms with Crippen LogP contribution in [0.2, 0.25) is 0 Å². The predicted molar refractivity (Wildman–Crippen MR) is 103 cm³/mol. The molecule has 0 bridgehead atoms. The molecule has 1 fully saturated rings. The Balaban J connectivity index is 1.45. The molecule has 2 aromatic carbocycles. The lowest BCUT2D eigenvalue weighted by atomic mass is 10.1. The highest BCUT2D eigenvalue weighted by Crippen LogP contribution is 2.14. The molecule has 136 valence electrons. The number of likely N-dealkylation sites (tertiary alicyclic amines) is 1. The van der Waals surface area contributed by atoms with Crippen LogP contribution >= 0.6 is 0 Å². The van der Waals surface area contributed by atoms with Crippen LogP contribution in [-0.2, 0) is 17.8 Å². The topological polar surface area (TPSA) is 49.4 Å². The fourth-order valence-electron chi connectivity index (χ4n) is 3.24. The molecule has 0 aliphatic carbocycles. The number of aryl methyl sites for hydroxylation is 1. The number of hydrogen-bond acceptors (Lipinski definition) is 2. The van der Waals surface area contributed by atoms with Gasteiger partial charge in [-0.05, 0) is 48.9 Å². The monoisotopic (exact) mass is 350 g/mol. The highest BCUT2D eigenvalue weighted by Gasteiger charge is 2.17. The minimum absolute atomic E-state index is 0.0438. The SMILES string of the molecule is O=C(CCc1ccccc1)NCc1ccc(C(=O)N2CCCCC2)cc1. The standard InChI is InChI=1S/C22H26N2O2/c25-21(14-11-18-7-3-1-4-8-18)23-17-19-9-12-20(13-10-19)22(26)24-15-5-2-6-16-24/h1,3-4,7-10,12-13H,2,5-6,11,14-17H2,(H,23,25). The molecule has 26 heavy (non-hydrogen) atoms. The highest BCUT2D eigenvalue weighted by molar-refractivity contribution is 5.94. The van der Waals surface area contributed by atoms with E-state index in [0.717, 1.165) is 43.5 Å². The molecule has 0 saturated carbocycles. The Labute approximate surface area is 155 Å². The van der Waals surface area contributed by atoms with Gasteiger partial charge in [0.25, 0.3) is 5.91 Å². The number of piperidine rings is 1. The number of nitrogens with one attached hydrogen (secondary N) is 1. The van der Waals surface area contributed by atoms with Gasteiger partial charge in [0.1, 0.15) is 0 Å². The molecule has 0 unspecified atom stereocenters. The summed E-state index contributed by atoms with van der Waals surface area (Å²) in [5, 5.41) is 2.95. The molecule has 3 rings (SSSR count). The maximum Gasteiger partial charge on any atom is 0.253 e. The second-order valence-electron chi connectivity index (χ2n) is 6.81. The van der Waals surface area contributed by atoms with E-state index in [1.165, 1.54) is 12.0 Å². The summed E-state index contributed by atoms with van der Waals surface area (Å²) in [6, 6.07) is 17.6. The summed E-state index contributed by atoms with van der Waals surface area (Å²) in [5.74, 6) is 0.158. The number of amides is 2. The van der Waals surface area contributed by atoms with Gasteiger partial charge in [0, 0.05) is 31.6 Å². The third-order valence-electron chi connectivity index (χ3n) is 4.82. The smallest absolute Gasteiger partial charge is 0.253 e. The molecule has 2 amide bonds. The zero-order valence-electron chi connectivity index (χ0n) is 15.1. The Morgan fingerprint density at radius 3 is 2.23 bits per heavy atom. The zero-order chi connectivity index (χ0) is 18.2. The van der Waals surface area contributed by atoms with Crippen LogP contribution < -0.4 is 5.32 Å². The summed E-state index contributed by atoms with van der Waals surface area (Å²) >= 11 is 0. The predicted octanol–water partition coefficient (Wildman–Crippen LogP) is 3.56. The molecule has 0 atom stereocenters. The van der Waals surface area contributed by atoms with Crippen molar-refractivity contribution in [1.29, 1.82) is 0 Å². The molecule has 0 radical (unpaired) electrons. The normalized spacial score (nSPS) is 14.1. The van der Waals surface area contributed by atoms with Gasteiger partial charge in [-0.2, -0.15) is 0 Å². The van der Waals surface area contributed by atoms with Crippen LogP contribution in [0.5, 0.6) is 0 Å². The van der Waals surface area contributed by atoms with Gasteiger partial charge in [0.2, 0.25) is 5.91 Å². The number of hydrogen-bond donors (Lipinski definition) is 1. The molecular weight excluding hydrogens is 324 g/mol. The van der Waals surface area contributed by atoms with E-state index in [1.807, 2.05) is 59.5 Å². The van der Waals surface area contributed by atoms with Crippen LogP contribution in [0.25, 0.3) is 0 Å². The van der Waals surface area contributed by atoms with E-state index in [4.69, 9.17) is 0 Å². The first-order valence-electron chi connectivity index (χ1n) is 9.41. The van der Waals surface area contributed by atoms with Crippen LogP contribution in [0.4, 0.5) is 0 Å². The molecule has 0 spiro atoms. The molecule has 1 N–H and O–H groups in total. The van der Waals surface area contributed by atoms with Gasteiger partial charge in [-0.25, -0.2) is 0 Å². The molecule has 1 saturated heterocycles. The van der Waals surface area contributed by atoms with Gasteiger partial charge < -0.3 is 10.2 Å². The van der Waals surface area contributed by atoms with Crippen LogP contribution in [0.3, 0.4) is 0 Å². The quantitative estimate of drug-likeness (QED) is 0.866. The van der Waals surface area contributed by atoms with Crippen LogP contribution in [0.15, 0.2) is 54.6 Å². The average Bonchev–Trinajstić information content (AvgIpc) is 2.72. The second-order valence-corrected chi connectivity index (χ2v) is 6.81. The lowest BCUT2D eigenvalue weighted by molar-refractivity contribution is -0.121. The summed E-state index contributed by atoms with van der Waals surface area (Å²) in [4.78, 5) is 26.4. The summed E-state index contributed by atoms with van der Waals surface area (Å²) < 4.78 is 0. The average molecular weight is 350 g/mol. The third-order valence-corrected chi connectivity index (χ3v) is 4.82. The van der Waals surface area contributed by atoms with E-state index in [1.54, 1.807) is 0 Å². The lowest BCUT2D eigenvalue weighted by Crippen LogP contribution is -2.35. The van der Waals surface area contributed by atoms with Crippen LogP contribution in [0, 0.1) is 0 Å². The van der Waals surface area contributed by atoms with E-state index in [0.29, 0.717) is 13.0 Å². The molecular formula is C22H26N2O2. The van der Waals surface area contributed by atoms with E-state index in [9.17, 15) is 9.59 Å². The molecule has 4 heteroatoms. The van der Waals surface area contributed by atoms with E-state index >= 15 is 0 Å².